The third kappa shape index (κ3) is 3.41. The zero-order chi connectivity index (χ0) is 14.7. The van der Waals surface area contributed by atoms with Crippen LogP contribution in [0.4, 0.5) is 4.79 Å². The highest BCUT2D eigenvalue weighted by atomic mass is 32.2. The molecule has 2 heterocycles. The van der Waals surface area contributed by atoms with E-state index in [1.54, 1.807) is 4.90 Å². The normalized spacial score (nSPS) is 17.0. The minimum Gasteiger partial charge on any atom is -0.486 e. The van der Waals surface area contributed by atoms with Gasteiger partial charge in [0, 0.05) is 18.8 Å². The minimum absolute atomic E-state index is 0.0236. The van der Waals surface area contributed by atoms with Crippen molar-refractivity contribution < 1.29 is 19.1 Å². The summed E-state index contributed by atoms with van der Waals surface area (Å²) in [6.45, 7) is 2.27. The number of carbonyl (C=O) groups is 2. The second kappa shape index (κ2) is 6.26. The molecular formula is C14H16N2O4S. The van der Waals surface area contributed by atoms with E-state index in [0.29, 0.717) is 32.1 Å². The molecule has 0 bridgehead atoms. The monoisotopic (exact) mass is 308 g/mol. The molecule has 0 aromatic heterocycles. The van der Waals surface area contributed by atoms with E-state index in [2.05, 4.69) is 5.32 Å². The topological polar surface area (TPSA) is 67.9 Å². The number of hydrogen-bond donors (Lipinski definition) is 1. The number of nitrogens with one attached hydrogen (secondary N) is 1. The smallest absolute Gasteiger partial charge is 0.282 e. The molecule has 1 aromatic rings. The van der Waals surface area contributed by atoms with Crippen LogP contribution in [0.2, 0.25) is 0 Å². The zero-order valence-electron chi connectivity index (χ0n) is 11.5. The van der Waals surface area contributed by atoms with Crippen molar-refractivity contribution in [1.82, 2.24) is 10.2 Å². The van der Waals surface area contributed by atoms with Gasteiger partial charge in [0.15, 0.2) is 11.5 Å². The average Bonchev–Trinajstić information content (AvgIpc) is 2.90. The highest BCUT2D eigenvalue weighted by Crippen LogP contribution is 2.30. The number of benzene rings is 1. The summed E-state index contributed by atoms with van der Waals surface area (Å²) in [6, 6.07) is 5.60. The van der Waals surface area contributed by atoms with Gasteiger partial charge in [-0.3, -0.25) is 9.59 Å². The highest BCUT2D eigenvalue weighted by Gasteiger charge is 2.23. The van der Waals surface area contributed by atoms with E-state index in [-0.39, 0.29) is 17.7 Å². The van der Waals surface area contributed by atoms with Crippen LogP contribution in [0.1, 0.15) is 5.56 Å². The number of amides is 2. The van der Waals surface area contributed by atoms with Gasteiger partial charge in [-0.1, -0.05) is 17.8 Å². The molecule has 0 unspecified atom stereocenters. The van der Waals surface area contributed by atoms with Gasteiger partial charge in [0.2, 0.25) is 5.91 Å². The van der Waals surface area contributed by atoms with E-state index < -0.39 is 0 Å². The Kier molecular flexibility index (Phi) is 4.19. The molecule has 0 spiro atoms. The van der Waals surface area contributed by atoms with Gasteiger partial charge in [-0.05, 0) is 17.7 Å². The molecule has 0 saturated carbocycles. The van der Waals surface area contributed by atoms with Crippen LogP contribution in [-0.2, 0) is 11.3 Å². The fraction of sp³-hybridized carbons (Fsp3) is 0.429. The largest absolute Gasteiger partial charge is 0.486 e. The quantitative estimate of drug-likeness (QED) is 0.906. The lowest BCUT2D eigenvalue weighted by Gasteiger charge is -2.19. The van der Waals surface area contributed by atoms with Crippen LogP contribution < -0.4 is 14.8 Å². The first kappa shape index (κ1) is 14.1. The standard InChI is InChI=1S/C14H16N2O4S/c17-13(9-16-3-6-21-14(16)18)15-8-10-1-2-11-12(7-10)20-5-4-19-11/h1-2,7H,3-6,8-9H2,(H,15,17). The van der Waals surface area contributed by atoms with Crippen molar-refractivity contribution >= 4 is 22.9 Å². The highest BCUT2D eigenvalue weighted by molar-refractivity contribution is 8.13. The van der Waals surface area contributed by atoms with Gasteiger partial charge < -0.3 is 19.7 Å². The van der Waals surface area contributed by atoms with Crippen LogP contribution in [0.25, 0.3) is 0 Å². The molecule has 21 heavy (non-hydrogen) atoms. The van der Waals surface area contributed by atoms with Gasteiger partial charge in [0.1, 0.15) is 19.8 Å². The van der Waals surface area contributed by atoms with Crippen LogP contribution in [0.15, 0.2) is 18.2 Å². The SMILES string of the molecule is O=C(CN1CCSC1=O)NCc1ccc2c(c1)OCCO2. The third-order valence-electron chi connectivity index (χ3n) is 3.28. The van der Waals surface area contributed by atoms with E-state index in [9.17, 15) is 9.59 Å². The van der Waals surface area contributed by atoms with Gasteiger partial charge in [-0.25, -0.2) is 0 Å². The van der Waals surface area contributed by atoms with E-state index >= 15 is 0 Å². The number of thioether (sulfide) groups is 1. The van der Waals surface area contributed by atoms with Crippen LogP contribution in [-0.4, -0.2) is 48.1 Å². The van der Waals surface area contributed by atoms with Crippen molar-refractivity contribution in [2.24, 2.45) is 0 Å². The molecule has 2 aliphatic heterocycles. The van der Waals surface area contributed by atoms with Crippen molar-refractivity contribution in [2.45, 2.75) is 6.54 Å². The second-order valence-corrected chi connectivity index (χ2v) is 5.84. The number of fused-ring (bicyclic) bond motifs is 1. The average molecular weight is 308 g/mol. The van der Waals surface area contributed by atoms with Crippen molar-refractivity contribution in [3.63, 3.8) is 0 Å². The Morgan fingerprint density at radius 3 is 2.86 bits per heavy atom. The van der Waals surface area contributed by atoms with E-state index in [1.807, 2.05) is 18.2 Å². The fourth-order valence-corrected chi connectivity index (χ4v) is 3.02. The summed E-state index contributed by atoms with van der Waals surface area (Å²) in [4.78, 5) is 24.8. The van der Waals surface area contributed by atoms with Crippen molar-refractivity contribution in [3.8, 4) is 11.5 Å². The Balaban J connectivity index is 1.52. The molecule has 0 atom stereocenters. The first-order valence-electron chi connectivity index (χ1n) is 6.79. The van der Waals surface area contributed by atoms with Gasteiger partial charge in [-0.15, -0.1) is 0 Å². The molecule has 3 rings (SSSR count). The zero-order valence-corrected chi connectivity index (χ0v) is 12.3. The third-order valence-corrected chi connectivity index (χ3v) is 4.17. The molecule has 112 valence electrons. The van der Waals surface area contributed by atoms with E-state index in [0.717, 1.165) is 17.1 Å². The number of hydrogen-bond acceptors (Lipinski definition) is 5. The summed E-state index contributed by atoms with van der Waals surface area (Å²) in [7, 11) is 0. The number of ether oxygens (including phenoxy) is 2. The Bertz CT molecular complexity index is 564. The first-order chi connectivity index (χ1) is 10.2. The predicted octanol–water partition coefficient (Wildman–Crippen LogP) is 1.24. The molecule has 7 heteroatoms. The summed E-state index contributed by atoms with van der Waals surface area (Å²) in [5, 5.41) is 2.79. The molecule has 0 radical (unpaired) electrons. The maximum atomic E-state index is 11.8. The van der Waals surface area contributed by atoms with Crippen molar-refractivity contribution in [1.29, 1.82) is 0 Å². The summed E-state index contributed by atoms with van der Waals surface area (Å²) < 4.78 is 10.9. The number of rotatable bonds is 4. The van der Waals surface area contributed by atoms with Crippen molar-refractivity contribution in [3.05, 3.63) is 23.8 Å². The fourth-order valence-electron chi connectivity index (χ4n) is 2.20. The van der Waals surface area contributed by atoms with E-state index in [4.69, 9.17) is 9.47 Å². The Labute approximate surface area is 126 Å². The summed E-state index contributed by atoms with van der Waals surface area (Å²) in [6.07, 6.45) is 0. The maximum absolute atomic E-state index is 11.8. The number of carbonyl (C=O) groups excluding carboxylic acids is 2. The van der Waals surface area contributed by atoms with Gasteiger partial charge in [0.25, 0.3) is 5.24 Å². The lowest BCUT2D eigenvalue weighted by atomic mass is 10.2. The lowest BCUT2D eigenvalue weighted by Crippen LogP contribution is -2.36. The maximum Gasteiger partial charge on any atom is 0.282 e. The van der Waals surface area contributed by atoms with Crippen molar-refractivity contribution in [2.75, 3.05) is 32.1 Å². The van der Waals surface area contributed by atoms with E-state index in [1.165, 1.54) is 11.8 Å². The lowest BCUT2D eigenvalue weighted by molar-refractivity contribution is -0.121. The predicted molar refractivity (Wildman–Crippen MR) is 78.7 cm³/mol. The number of nitrogens with zero attached hydrogens (tertiary/aromatic N) is 1. The Morgan fingerprint density at radius 1 is 1.29 bits per heavy atom. The summed E-state index contributed by atoms with van der Waals surface area (Å²) >= 11 is 1.25. The molecular weight excluding hydrogens is 292 g/mol. The minimum atomic E-state index is -0.152. The molecule has 1 N–H and O–H groups in total. The molecule has 0 aliphatic carbocycles. The molecule has 6 nitrogen and oxygen atoms in total. The molecule has 1 aromatic carbocycles. The van der Waals surface area contributed by atoms with Gasteiger partial charge in [-0.2, -0.15) is 0 Å². The van der Waals surface area contributed by atoms with Crippen LogP contribution in [0.5, 0.6) is 11.5 Å². The van der Waals surface area contributed by atoms with Gasteiger partial charge in [0.05, 0.1) is 0 Å². The Morgan fingerprint density at radius 2 is 2.10 bits per heavy atom. The molecule has 2 aliphatic rings. The Hall–Kier alpha value is -1.89. The first-order valence-corrected chi connectivity index (χ1v) is 7.78. The van der Waals surface area contributed by atoms with Crippen LogP contribution in [0, 0.1) is 0 Å². The summed E-state index contributed by atoms with van der Waals surface area (Å²) in [5.74, 6) is 2.05. The molecule has 1 saturated heterocycles. The molecule has 1 fully saturated rings. The van der Waals surface area contributed by atoms with Crippen LogP contribution in [0.3, 0.4) is 0 Å². The molecule has 2 amide bonds. The van der Waals surface area contributed by atoms with Crippen LogP contribution >= 0.6 is 11.8 Å². The second-order valence-electron chi connectivity index (χ2n) is 4.79. The summed E-state index contributed by atoms with van der Waals surface area (Å²) in [5.41, 5.74) is 0.940. The van der Waals surface area contributed by atoms with Gasteiger partial charge >= 0.3 is 0 Å².